The molecule has 1 N–H and O–H groups in total. The van der Waals surface area contributed by atoms with E-state index in [0.717, 1.165) is 14.9 Å². The fraction of sp³-hybridized carbons (Fsp3) is 0.130. The number of hydrogen-bond donors (Lipinski definition) is 1. The van der Waals surface area contributed by atoms with Crippen LogP contribution < -0.4 is 4.74 Å². The van der Waals surface area contributed by atoms with Crippen LogP contribution in [0.2, 0.25) is 0 Å². The van der Waals surface area contributed by atoms with Crippen LogP contribution >= 0.6 is 27.3 Å². The molecule has 3 aromatic rings. The van der Waals surface area contributed by atoms with E-state index in [1.54, 1.807) is 31.4 Å². The van der Waals surface area contributed by atoms with Gasteiger partial charge in [0.1, 0.15) is 11.5 Å². The molecule has 0 bridgehead atoms. The van der Waals surface area contributed by atoms with E-state index in [9.17, 15) is 14.7 Å². The third kappa shape index (κ3) is 3.78. The van der Waals surface area contributed by atoms with E-state index in [4.69, 9.17) is 4.74 Å². The van der Waals surface area contributed by atoms with Crippen LogP contribution in [0.5, 0.6) is 5.75 Å². The van der Waals surface area contributed by atoms with Gasteiger partial charge in [-0.3, -0.25) is 9.59 Å². The summed E-state index contributed by atoms with van der Waals surface area (Å²) in [5, 5.41) is 13.0. The number of carbonyl (C=O) groups is 2. The first-order valence-corrected chi connectivity index (χ1v) is 10.9. The Hall–Kier alpha value is -2.90. The Morgan fingerprint density at radius 2 is 1.80 bits per heavy atom. The molecule has 4 rings (SSSR count). The molecule has 0 saturated carbocycles. The van der Waals surface area contributed by atoms with E-state index in [2.05, 4.69) is 15.9 Å². The van der Waals surface area contributed by atoms with Gasteiger partial charge in [-0.2, -0.15) is 0 Å². The van der Waals surface area contributed by atoms with Gasteiger partial charge >= 0.3 is 0 Å². The molecule has 0 spiro atoms. The van der Waals surface area contributed by atoms with Crippen molar-refractivity contribution in [2.45, 2.75) is 12.6 Å². The molecular weight excluding hydrogens is 466 g/mol. The van der Waals surface area contributed by atoms with Crippen molar-refractivity contribution in [2.75, 3.05) is 7.11 Å². The molecule has 1 saturated heterocycles. The number of rotatable bonds is 5. The Labute approximate surface area is 186 Å². The Balaban J connectivity index is 1.84. The van der Waals surface area contributed by atoms with Gasteiger partial charge in [0.05, 0.1) is 25.3 Å². The van der Waals surface area contributed by atoms with Gasteiger partial charge < -0.3 is 14.7 Å². The predicted molar refractivity (Wildman–Crippen MR) is 119 cm³/mol. The zero-order valence-corrected chi connectivity index (χ0v) is 18.4. The molecule has 5 nitrogen and oxygen atoms in total. The minimum Gasteiger partial charge on any atom is -0.507 e. The summed E-state index contributed by atoms with van der Waals surface area (Å²) in [5.74, 6) is -0.870. The molecule has 152 valence electrons. The van der Waals surface area contributed by atoms with E-state index in [-0.39, 0.29) is 11.3 Å². The van der Waals surface area contributed by atoms with Crippen LogP contribution in [0.1, 0.15) is 22.0 Å². The van der Waals surface area contributed by atoms with Crippen molar-refractivity contribution in [3.63, 3.8) is 0 Å². The molecule has 7 heteroatoms. The minimum atomic E-state index is -0.687. The number of aliphatic hydroxyl groups is 1. The van der Waals surface area contributed by atoms with E-state index >= 15 is 0 Å². The zero-order chi connectivity index (χ0) is 21.3. The maximum Gasteiger partial charge on any atom is 0.295 e. The molecule has 1 atom stereocenters. The maximum absolute atomic E-state index is 13.0. The average molecular weight is 484 g/mol. The number of carbonyl (C=O) groups excluding carboxylic acids is 2. The fourth-order valence-electron chi connectivity index (χ4n) is 3.51. The quantitative estimate of drug-likeness (QED) is 0.310. The number of hydrogen-bond acceptors (Lipinski definition) is 5. The largest absolute Gasteiger partial charge is 0.507 e. The average Bonchev–Trinajstić information content (AvgIpc) is 3.36. The number of ketones is 1. The Morgan fingerprint density at radius 1 is 1.10 bits per heavy atom. The summed E-state index contributed by atoms with van der Waals surface area (Å²) in [6.07, 6.45) is 0. The third-order valence-electron chi connectivity index (χ3n) is 5.00. The number of thiophene rings is 1. The van der Waals surface area contributed by atoms with Crippen molar-refractivity contribution >= 4 is 44.7 Å². The number of nitrogens with zero attached hydrogens (tertiary/aromatic N) is 1. The van der Waals surface area contributed by atoms with Crippen LogP contribution in [-0.2, 0) is 16.1 Å². The summed E-state index contributed by atoms with van der Waals surface area (Å²) in [6, 6.07) is 17.3. The summed E-state index contributed by atoms with van der Waals surface area (Å²) in [7, 11) is 1.55. The molecule has 2 aromatic carbocycles. The molecule has 0 radical (unpaired) electrons. The highest BCUT2D eigenvalue weighted by Crippen LogP contribution is 2.41. The summed E-state index contributed by atoms with van der Waals surface area (Å²) in [6.45, 7) is 0.294. The highest BCUT2D eigenvalue weighted by Gasteiger charge is 2.46. The number of methoxy groups -OCH3 is 1. The number of amides is 1. The number of Topliss-reactive ketones (excluding diaryl/α,β-unsaturated/α-hetero) is 1. The molecule has 0 aliphatic carbocycles. The molecule has 1 aliphatic rings. The van der Waals surface area contributed by atoms with E-state index in [0.29, 0.717) is 17.9 Å². The smallest absolute Gasteiger partial charge is 0.295 e. The van der Waals surface area contributed by atoms with Crippen LogP contribution in [-0.4, -0.2) is 28.8 Å². The first-order valence-electron chi connectivity index (χ1n) is 9.20. The van der Waals surface area contributed by atoms with E-state index in [1.807, 2.05) is 41.8 Å². The van der Waals surface area contributed by atoms with Crippen LogP contribution in [0.15, 0.2) is 76.1 Å². The van der Waals surface area contributed by atoms with Gasteiger partial charge in [-0.1, -0.05) is 34.1 Å². The lowest BCUT2D eigenvalue weighted by atomic mass is 9.95. The second-order valence-corrected chi connectivity index (χ2v) is 8.73. The summed E-state index contributed by atoms with van der Waals surface area (Å²) in [4.78, 5) is 28.4. The van der Waals surface area contributed by atoms with Crippen LogP contribution in [0, 0.1) is 0 Å². The number of benzene rings is 2. The van der Waals surface area contributed by atoms with Gasteiger partial charge in [0.2, 0.25) is 0 Å². The van der Waals surface area contributed by atoms with Gasteiger partial charge in [-0.05, 0) is 53.4 Å². The number of aliphatic hydroxyl groups excluding tert-OH is 1. The summed E-state index contributed by atoms with van der Waals surface area (Å²) in [5.41, 5.74) is 1.29. The summed E-state index contributed by atoms with van der Waals surface area (Å²) < 4.78 is 6.05. The van der Waals surface area contributed by atoms with Crippen molar-refractivity contribution in [3.8, 4) is 5.75 Å². The van der Waals surface area contributed by atoms with Crippen molar-refractivity contribution in [1.29, 1.82) is 0 Å². The number of likely N-dealkylation sites (tertiary alicyclic amines) is 1. The van der Waals surface area contributed by atoms with Gasteiger partial charge in [0, 0.05) is 14.9 Å². The standard InChI is InChI=1S/C23H18BrNO4S/c1-29-17-10-6-15(7-11-17)21(26)19-20(14-4-8-16(24)9-5-14)25(23(28)22(19)27)13-18-3-2-12-30-18/h2-12,20,26H,13H2,1H3/b21-19+. The Kier molecular flexibility index (Phi) is 5.74. The molecule has 1 fully saturated rings. The second-order valence-electron chi connectivity index (χ2n) is 6.79. The highest BCUT2D eigenvalue weighted by atomic mass is 79.9. The molecule has 1 aliphatic heterocycles. The molecular formula is C23H18BrNO4S. The van der Waals surface area contributed by atoms with Crippen molar-refractivity contribution < 1.29 is 19.4 Å². The van der Waals surface area contributed by atoms with Crippen molar-refractivity contribution in [3.05, 3.63) is 92.1 Å². The topological polar surface area (TPSA) is 66.8 Å². The van der Waals surface area contributed by atoms with Crippen LogP contribution in [0.25, 0.3) is 5.76 Å². The molecule has 1 aromatic heterocycles. The van der Waals surface area contributed by atoms with Gasteiger partial charge in [-0.15, -0.1) is 11.3 Å². The number of halogens is 1. The lowest BCUT2D eigenvalue weighted by Crippen LogP contribution is -2.28. The molecule has 2 heterocycles. The zero-order valence-electron chi connectivity index (χ0n) is 16.0. The monoisotopic (exact) mass is 483 g/mol. The lowest BCUT2D eigenvalue weighted by Gasteiger charge is -2.25. The normalized spacial score (nSPS) is 18.1. The first kappa shape index (κ1) is 20.4. The molecule has 1 unspecified atom stereocenters. The summed E-state index contributed by atoms with van der Waals surface area (Å²) >= 11 is 4.93. The van der Waals surface area contributed by atoms with E-state index in [1.165, 1.54) is 16.2 Å². The lowest BCUT2D eigenvalue weighted by molar-refractivity contribution is -0.140. The van der Waals surface area contributed by atoms with Crippen molar-refractivity contribution in [2.24, 2.45) is 0 Å². The first-order chi connectivity index (χ1) is 14.5. The Bertz CT molecular complexity index is 1110. The third-order valence-corrected chi connectivity index (χ3v) is 6.39. The van der Waals surface area contributed by atoms with Gasteiger partial charge in [0.25, 0.3) is 11.7 Å². The number of ether oxygens (including phenoxy) is 1. The van der Waals surface area contributed by atoms with Crippen LogP contribution in [0.4, 0.5) is 0 Å². The van der Waals surface area contributed by atoms with Crippen molar-refractivity contribution in [1.82, 2.24) is 4.90 Å². The minimum absolute atomic E-state index is 0.0871. The van der Waals surface area contributed by atoms with Gasteiger partial charge in [-0.25, -0.2) is 0 Å². The maximum atomic E-state index is 13.0. The van der Waals surface area contributed by atoms with Crippen LogP contribution in [0.3, 0.4) is 0 Å². The fourth-order valence-corrected chi connectivity index (χ4v) is 4.48. The molecule has 1 amide bonds. The SMILES string of the molecule is COc1ccc(/C(O)=C2\C(=O)C(=O)N(Cc3cccs3)C2c2ccc(Br)cc2)cc1. The van der Waals surface area contributed by atoms with Gasteiger partial charge in [0.15, 0.2) is 0 Å². The highest BCUT2D eigenvalue weighted by molar-refractivity contribution is 9.10. The van der Waals surface area contributed by atoms with E-state index < -0.39 is 17.7 Å². The second kappa shape index (κ2) is 8.45. The predicted octanol–water partition coefficient (Wildman–Crippen LogP) is 5.14. The Morgan fingerprint density at radius 3 is 2.40 bits per heavy atom. The molecule has 30 heavy (non-hydrogen) atoms.